The Kier molecular flexibility index (Phi) is 4.83. The maximum atomic E-state index is 4.35. The van der Waals surface area contributed by atoms with Crippen molar-refractivity contribution in [3.05, 3.63) is 66.2 Å². The molecule has 74 valence electrons. The Morgan fingerprint density at radius 2 is 1.27 bits per heavy atom. The van der Waals surface area contributed by atoms with Gasteiger partial charge in [0.2, 0.25) is 0 Å². The molecule has 0 saturated carbocycles. The number of rotatable bonds is 2. The third-order valence-electron chi connectivity index (χ3n) is 1.92. The second-order valence-electron chi connectivity index (χ2n) is 3.00. The van der Waals surface area contributed by atoms with Gasteiger partial charge in [-0.1, -0.05) is 48.5 Å². The van der Waals surface area contributed by atoms with Crippen molar-refractivity contribution in [2.24, 2.45) is 4.99 Å². The minimum absolute atomic E-state index is 0. The van der Waals surface area contributed by atoms with Crippen molar-refractivity contribution in [1.29, 1.82) is 0 Å². The topological polar surface area (TPSA) is 12.4 Å². The van der Waals surface area contributed by atoms with Gasteiger partial charge in [-0.05, 0) is 17.7 Å². The Bertz CT molecular complexity index is 368. The van der Waals surface area contributed by atoms with Crippen LogP contribution in [0.15, 0.2) is 65.7 Å². The summed E-state index contributed by atoms with van der Waals surface area (Å²) in [5, 5.41) is 0. The Balaban J connectivity index is 0.00000112. The van der Waals surface area contributed by atoms with E-state index in [4.69, 9.17) is 0 Å². The molecule has 0 aliphatic rings. The normalized spacial score (nSPS) is 9.87. The summed E-state index contributed by atoms with van der Waals surface area (Å²) in [5.74, 6) is 0. The van der Waals surface area contributed by atoms with Gasteiger partial charge in [0, 0.05) is 6.21 Å². The highest BCUT2D eigenvalue weighted by atomic mass is 27.0. The van der Waals surface area contributed by atoms with E-state index in [-0.39, 0.29) is 17.4 Å². The number of benzene rings is 2. The first-order chi connectivity index (χ1) is 6.95. The van der Waals surface area contributed by atoms with E-state index in [2.05, 4.69) is 4.99 Å². The van der Waals surface area contributed by atoms with Gasteiger partial charge in [0.05, 0.1) is 5.69 Å². The zero-order valence-corrected chi connectivity index (χ0v) is 7.80. The summed E-state index contributed by atoms with van der Waals surface area (Å²) in [5.41, 5.74) is 2.10. The highest BCUT2D eigenvalue weighted by Crippen LogP contribution is 2.09. The molecular weight excluding hydrogens is 197 g/mol. The van der Waals surface area contributed by atoms with Crippen LogP contribution in [0.2, 0.25) is 0 Å². The summed E-state index contributed by atoms with van der Waals surface area (Å²) in [7, 11) is 0. The minimum Gasteiger partial charge on any atom is -0.256 e. The average molecular weight is 211 g/mol. The lowest BCUT2D eigenvalue weighted by atomic mass is 10.2. The smallest absolute Gasteiger partial charge is 0.187 e. The van der Waals surface area contributed by atoms with Crippen LogP contribution < -0.4 is 0 Å². The summed E-state index contributed by atoms with van der Waals surface area (Å²) >= 11 is 0. The minimum atomic E-state index is 0. The first-order valence-corrected chi connectivity index (χ1v) is 4.59. The number of nitrogens with zero attached hydrogens (tertiary/aromatic N) is 1. The lowest BCUT2D eigenvalue weighted by Gasteiger charge is -1.92. The highest BCUT2D eigenvalue weighted by molar-refractivity contribution is 5.81. The largest absolute Gasteiger partial charge is 0.256 e. The predicted octanol–water partition coefficient (Wildman–Crippen LogP) is 2.25. The number of hydrogen-bond donors (Lipinski definition) is 0. The van der Waals surface area contributed by atoms with E-state index in [9.17, 15) is 0 Å². The standard InChI is InChI=1S/C13H11N.Al.3H/c1-3-7-12(8-4-1)11-14-13-9-5-2-6-10-13;;;;/h1-11H;;;;/b14-11+;;;;. The molecule has 0 radical (unpaired) electrons. The lowest BCUT2D eigenvalue weighted by Crippen LogP contribution is -1.77. The molecule has 0 saturated heterocycles. The Hall–Kier alpha value is -1.36. The Morgan fingerprint density at radius 3 is 1.87 bits per heavy atom. The van der Waals surface area contributed by atoms with Gasteiger partial charge in [-0.25, -0.2) is 0 Å². The van der Waals surface area contributed by atoms with E-state index in [0.717, 1.165) is 11.3 Å². The zero-order valence-electron chi connectivity index (χ0n) is 7.80. The van der Waals surface area contributed by atoms with E-state index < -0.39 is 0 Å². The monoisotopic (exact) mass is 211 g/mol. The van der Waals surface area contributed by atoms with E-state index >= 15 is 0 Å². The quantitative estimate of drug-likeness (QED) is 0.533. The second-order valence-corrected chi connectivity index (χ2v) is 3.00. The van der Waals surface area contributed by atoms with Crippen LogP contribution in [0.4, 0.5) is 5.69 Å². The fourth-order valence-corrected chi connectivity index (χ4v) is 1.20. The van der Waals surface area contributed by atoms with E-state index in [0.29, 0.717) is 0 Å². The van der Waals surface area contributed by atoms with Crippen molar-refractivity contribution in [2.75, 3.05) is 0 Å². The maximum absolute atomic E-state index is 4.35. The third-order valence-corrected chi connectivity index (χ3v) is 1.92. The zero-order chi connectivity index (χ0) is 9.64. The number of hydrogen-bond acceptors (Lipinski definition) is 1. The van der Waals surface area contributed by atoms with Crippen LogP contribution in [0.3, 0.4) is 0 Å². The summed E-state index contributed by atoms with van der Waals surface area (Å²) < 4.78 is 0. The van der Waals surface area contributed by atoms with Crippen molar-refractivity contribution in [2.45, 2.75) is 0 Å². The third kappa shape index (κ3) is 3.71. The molecular formula is C13H14AlN. The van der Waals surface area contributed by atoms with Crippen molar-refractivity contribution < 1.29 is 0 Å². The van der Waals surface area contributed by atoms with Gasteiger partial charge in [-0.15, -0.1) is 0 Å². The number of para-hydroxylation sites is 1. The average Bonchev–Trinajstić information content (AvgIpc) is 2.29. The molecule has 0 spiro atoms. The molecule has 2 aromatic carbocycles. The Labute approximate surface area is 101 Å². The van der Waals surface area contributed by atoms with Crippen LogP contribution in [0.1, 0.15) is 5.56 Å². The van der Waals surface area contributed by atoms with Crippen molar-refractivity contribution in [3.8, 4) is 0 Å². The van der Waals surface area contributed by atoms with Gasteiger partial charge < -0.3 is 0 Å². The molecule has 0 N–H and O–H groups in total. The summed E-state index contributed by atoms with van der Waals surface area (Å²) in [6, 6.07) is 20.0. The van der Waals surface area contributed by atoms with Crippen LogP contribution in [0.25, 0.3) is 0 Å². The maximum Gasteiger partial charge on any atom is 0.187 e. The number of aliphatic imine (C=N–C) groups is 1. The summed E-state index contributed by atoms with van der Waals surface area (Å²) in [6.45, 7) is 0. The molecule has 2 heteroatoms. The SMILES string of the molecule is C(=N\c1ccccc1)/c1ccccc1.[AlH3]. The molecule has 2 rings (SSSR count). The molecule has 15 heavy (non-hydrogen) atoms. The molecule has 0 amide bonds. The molecule has 2 aromatic rings. The molecule has 0 atom stereocenters. The van der Waals surface area contributed by atoms with Gasteiger partial charge >= 0.3 is 0 Å². The molecule has 0 heterocycles. The van der Waals surface area contributed by atoms with Crippen molar-refractivity contribution >= 4 is 29.3 Å². The summed E-state index contributed by atoms with van der Waals surface area (Å²) in [6.07, 6.45) is 1.87. The summed E-state index contributed by atoms with van der Waals surface area (Å²) in [4.78, 5) is 4.35. The molecule has 1 nitrogen and oxygen atoms in total. The van der Waals surface area contributed by atoms with Crippen LogP contribution >= 0.6 is 0 Å². The molecule has 0 aromatic heterocycles. The van der Waals surface area contributed by atoms with E-state index in [1.165, 1.54) is 0 Å². The lowest BCUT2D eigenvalue weighted by molar-refractivity contribution is 1.53. The van der Waals surface area contributed by atoms with Crippen molar-refractivity contribution in [1.82, 2.24) is 0 Å². The van der Waals surface area contributed by atoms with Crippen LogP contribution in [-0.4, -0.2) is 23.6 Å². The Morgan fingerprint density at radius 1 is 0.733 bits per heavy atom. The van der Waals surface area contributed by atoms with Crippen molar-refractivity contribution in [3.63, 3.8) is 0 Å². The van der Waals surface area contributed by atoms with Gasteiger partial charge in [0.15, 0.2) is 17.4 Å². The highest BCUT2D eigenvalue weighted by Gasteiger charge is 1.85. The molecule has 0 bridgehead atoms. The fraction of sp³-hybridized carbons (Fsp3) is 0. The fourth-order valence-electron chi connectivity index (χ4n) is 1.20. The van der Waals surface area contributed by atoms with E-state index in [1.54, 1.807) is 0 Å². The first kappa shape index (κ1) is 11.7. The van der Waals surface area contributed by atoms with Crippen LogP contribution in [-0.2, 0) is 0 Å². The molecule has 0 aliphatic heterocycles. The van der Waals surface area contributed by atoms with Gasteiger partial charge in [0.1, 0.15) is 0 Å². The van der Waals surface area contributed by atoms with E-state index in [1.807, 2.05) is 66.9 Å². The van der Waals surface area contributed by atoms with Gasteiger partial charge in [-0.3, -0.25) is 4.99 Å². The first-order valence-electron chi connectivity index (χ1n) is 4.59. The second kappa shape index (κ2) is 6.19. The van der Waals surface area contributed by atoms with Crippen LogP contribution in [0, 0.1) is 0 Å². The van der Waals surface area contributed by atoms with Gasteiger partial charge in [-0.2, -0.15) is 0 Å². The van der Waals surface area contributed by atoms with Gasteiger partial charge in [0.25, 0.3) is 0 Å². The molecule has 0 unspecified atom stereocenters. The molecule has 0 aliphatic carbocycles. The predicted molar refractivity (Wildman–Crippen MR) is 70.1 cm³/mol. The van der Waals surface area contributed by atoms with Crippen LogP contribution in [0.5, 0.6) is 0 Å². The molecule has 0 fully saturated rings.